The lowest BCUT2D eigenvalue weighted by Gasteiger charge is -2.23. The first kappa shape index (κ1) is 11.4. The van der Waals surface area contributed by atoms with Gasteiger partial charge in [-0.25, -0.2) is 0 Å². The normalized spacial score (nSPS) is 26.1. The number of carbonyl (C=O) groups is 1. The van der Waals surface area contributed by atoms with Crippen LogP contribution in [0.25, 0.3) is 0 Å². The minimum absolute atomic E-state index is 0.219. The van der Waals surface area contributed by atoms with Crippen LogP contribution >= 0.6 is 15.9 Å². The summed E-state index contributed by atoms with van der Waals surface area (Å²) in [6.45, 7) is 2.10. The van der Waals surface area contributed by atoms with E-state index in [0.717, 1.165) is 42.5 Å². The first-order valence-electron chi connectivity index (χ1n) is 6.06. The van der Waals surface area contributed by atoms with Crippen LogP contribution < -0.4 is 5.32 Å². The third-order valence-electron chi connectivity index (χ3n) is 4.23. The fourth-order valence-electron chi connectivity index (χ4n) is 3.05. The molecule has 1 N–H and O–H groups in total. The molecule has 1 spiro atoms. The third-order valence-corrected chi connectivity index (χ3v) is 4.81. The smallest absolute Gasteiger partial charge is 0.185 e. The zero-order valence-electron chi connectivity index (χ0n) is 9.87. The van der Waals surface area contributed by atoms with Crippen LogP contribution in [0.15, 0.2) is 10.7 Å². The quantitative estimate of drug-likeness (QED) is 0.846. The molecule has 4 nitrogen and oxygen atoms in total. The Morgan fingerprint density at radius 2 is 2.29 bits per heavy atom. The lowest BCUT2D eigenvalue weighted by Crippen LogP contribution is -2.31. The van der Waals surface area contributed by atoms with E-state index in [1.54, 1.807) is 10.9 Å². The highest BCUT2D eigenvalue weighted by molar-refractivity contribution is 9.10. The molecule has 1 atom stereocenters. The van der Waals surface area contributed by atoms with E-state index >= 15 is 0 Å². The summed E-state index contributed by atoms with van der Waals surface area (Å²) in [5.74, 6) is 0.482. The van der Waals surface area contributed by atoms with Gasteiger partial charge in [-0.15, -0.1) is 0 Å². The predicted molar refractivity (Wildman–Crippen MR) is 67.9 cm³/mol. The molecule has 3 rings (SSSR count). The fraction of sp³-hybridized carbons (Fsp3) is 0.667. The number of rotatable bonds is 2. The molecule has 92 valence electrons. The van der Waals surface area contributed by atoms with Crippen LogP contribution in [0.1, 0.15) is 29.8 Å². The van der Waals surface area contributed by atoms with Gasteiger partial charge < -0.3 is 5.32 Å². The number of nitrogens with zero attached hydrogens (tertiary/aromatic N) is 2. The van der Waals surface area contributed by atoms with Gasteiger partial charge in [0.15, 0.2) is 5.78 Å². The number of carbonyl (C=O) groups excluding carboxylic acids is 1. The molecule has 1 aliphatic heterocycles. The van der Waals surface area contributed by atoms with Gasteiger partial charge in [-0.1, -0.05) is 0 Å². The SMILES string of the molecule is Cn1ncc(Br)c1C(=O)C1CC12CCNCC2. The molecule has 0 amide bonds. The Morgan fingerprint density at radius 1 is 1.59 bits per heavy atom. The molecule has 1 aliphatic carbocycles. The lowest BCUT2D eigenvalue weighted by molar-refractivity contribution is 0.0930. The molecule has 2 heterocycles. The molecule has 2 aliphatic rings. The van der Waals surface area contributed by atoms with Crippen molar-refractivity contribution >= 4 is 21.7 Å². The van der Waals surface area contributed by atoms with Crippen LogP contribution in [0.4, 0.5) is 0 Å². The van der Waals surface area contributed by atoms with Gasteiger partial charge in [0.2, 0.25) is 0 Å². The monoisotopic (exact) mass is 297 g/mol. The van der Waals surface area contributed by atoms with Crippen molar-refractivity contribution < 1.29 is 4.79 Å². The molecular weight excluding hydrogens is 282 g/mol. The van der Waals surface area contributed by atoms with Crippen LogP contribution in [0.2, 0.25) is 0 Å². The highest BCUT2D eigenvalue weighted by Crippen LogP contribution is 2.59. The summed E-state index contributed by atoms with van der Waals surface area (Å²) < 4.78 is 2.50. The maximum absolute atomic E-state index is 12.5. The molecule has 1 saturated carbocycles. The van der Waals surface area contributed by atoms with Crippen molar-refractivity contribution in [3.8, 4) is 0 Å². The van der Waals surface area contributed by atoms with Crippen molar-refractivity contribution in [1.82, 2.24) is 15.1 Å². The summed E-state index contributed by atoms with van der Waals surface area (Å²) in [4.78, 5) is 12.5. The second-order valence-corrected chi connectivity index (χ2v) is 6.05. The van der Waals surface area contributed by atoms with Gasteiger partial charge in [-0.05, 0) is 53.7 Å². The maximum Gasteiger partial charge on any atom is 0.185 e. The Balaban J connectivity index is 1.81. The number of nitrogens with one attached hydrogen (secondary N) is 1. The second-order valence-electron chi connectivity index (χ2n) is 5.20. The zero-order chi connectivity index (χ0) is 12.0. The molecular formula is C12H16BrN3O. The highest BCUT2D eigenvalue weighted by atomic mass is 79.9. The molecule has 0 bridgehead atoms. The second kappa shape index (κ2) is 3.92. The number of aryl methyl sites for hydroxylation is 1. The molecule has 0 radical (unpaired) electrons. The van der Waals surface area contributed by atoms with Crippen molar-refractivity contribution in [2.45, 2.75) is 19.3 Å². The number of Topliss-reactive ketones (excluding diaryl/α,β-unsaturated/α-hetero) is 1. The summed E-state index contributed by atoms with van der Waals surface area (Å²) in [7, 11) is 1.83. The summed E-state index contributed by atoms with van der Waals surface area (Å²) in [6.07, 6.45) is 5.04. The Bertz CT molecular complexity index is 443. The first-order chi connectivity index (χ1) is 8.14. The van der Waals surface area contributed by atoms with E-state index in [0.29, 0.717) is 5.41 Å². The van der Waals surface area contributed by atoms with Gasteiger partial charge in [0.1, 0.15) is 5.69 Å². The van der Waals surface area contributed by atoms with Crippen LogP contribution in [-0.2, 0) is 7.05 Å². The van der Waals surface area contributed by atoms with Crippen LogP contribution in [0.3, 0.4) is 0 Å². The number of piperidine rings is 1. The molecule has 1 aromatic rings. The van der Waals surface area contributed by atoms with E-state index in [1.807, 2.05) is 7.05 Å². The molecule has 1 saturated heterocycles. The molecule has 2 fully saturated rings. The van der Waals surface area contributed by atoms with Gasteiger partial charge in [0, 0.05) is 13.0 Å². The Labute approximate surface area is 109 Å². The van der Waals surface area contributed by atoms with E-state index in [4.69, 9.17) is 0 Å². The zero-order valence-corrected chi connectivity index (χ0v) is 11.5. The third kappa shape index (κ3) is 1.76. The minimum atomic E-state index is 0.219. The highest BCUT2D eigenvalue weighted by Gasteiger charge is 2.58. The Morgan fingerprint density at radius 3 is 2.88 bits per heavy atom. The van der Waals surface area contributed by atoms with Crippen LogP contribution in [0.5, 0.6) is 0 Å². The summed E-state index contributed by atoms with van der Waals surface area (Å²) >= 11 is 3.41. The van der Waals surface area contributed by atoms with Gasteiger partial charge in [-0.3, -0.25) is 9.48 Å². The summed E-state index contributed by atoms with van der Waals surface area (Å²) in [5.41, 5.74) is 1.02. The fourth-order valence-corrected chi connectivity index (χ4v) is 3.59. The number of hydrogen-bond acceptors (Lipinski definition) is 3. The topological polar surface area (TPSA) is 46.9 Å². The number of ketones is 1. The van der Waals surface area contributed by atoms with E-state index < -0.39 is 0 Å². The number of halogens is 1. The van der Waals surface area contributed by atoms with Crippen molar-refractivity contribution in [2.24, 2.45) is 18.4 Å². The van der Waals surface area contributed by atoms with Crippen molar-refractivity contribution in [3.05, 3.63) is 16.4 Å². The Kier molecular flexibility index (Phi) is 2.63. The largest absolute Gasteiger partial charge is 0.317 e. The van der Waals surface area contributed by atoms with Crippen molar-refractivity contribution in [3.63, 3.8) is 0 Å². The van der Waals surface area contributed by atoms with E-state index in [-0.39, 0.29) is 11.7 Å². The van der Waals surface area contributed by atoms with Gasteiger partial charge >= 0.3 is 0 Å². The molecule has 1 unspecified atom stereocenters. The van der Waals surface area contributed by atoms with E-state index in [2.05, 4.69) is 26.3 Å². The molecule has 1 aromatic heterocycles. The van der Waals surface area contributed by atoms with Crippen molar-refractivity contribution in [1.29, 1.82) is 0 Å². The van der Waals surface area contributed by atoms with Crippen LogP contribution in [-0.4, -0.2) is 28.7 Å². The Hall–Kier alpha value is -0.680. The van der Waals surface area contributed by atoms with Gasteiger partial charge in [0.05, 0.1) is 10.7 Å². The summed E-state index contributed by atoms with van der Waals surface area (Å²) in [6, 6.07) is 0. The first-order valence-corrected chi connectivity index (χ1v) is 6.86. The lowest BCUT2D eigenvalue weighted by atomic mass is 9.90. The van der Waals surface area contributed by atoms with Crippen LogP contribution in [0, 0.1) is 11.3 Å². The van der Waals surface area contributed by atoms with E-state index in [1.165, 1.54) is 0 Å². The number of aromatic nitrogens is 2. The molecule has 0 aromatic carbocycles. The standard InChI is InChI=1S/C12H16BrN3O/c1-16-10(9(13)7-15-16)11(17)8-6-12(8)2-4-14-5-3-12/h7-8,14H,2-6H2,1H3. The average molecular weight is 298 g/mol. The molecule has 17 heavy (non-hydrogen) atoms. The predicted octanol–water partition coefficient (Wildman–Crippen LogP) is 1.75. The minimum Gasteiger partial charge on any atom is -0.317 e. The van der Waals surface area contributed by atoms with Crippen molar-refractivity contribution in [2.75, 3.05) is 13.1 Å². The molecule has 5 heteroatoms. The average Bonchev–Trinajstić information content (AvgIpc) is 2.90. The van der Waals surface area contributed by atoms with E-state index in [9.17, 15) is 4.79 Å². The summed E-state index contributed by atoms with van der Waals surface area (Å²) in [5, 5.41) is 7.48. The maximum atomic E-state index is 12.5. The van der Waals surface area contributed by atoms with Gasteiger partial charge in [-0.2, -0.15) is 5.10 Å². The number of hydrogen-bond donors (Lipinski definition) is 1. The van der Waals surface area contributed by atoms with Gasteiger partial charge in [0.25, 0.3) is 0 Å².